The quantitative estimate of drug-likeness (QED) is 0.722. The number of carboxylic acid groups (broad SMARTS) is 1. The Balaban J connectivity index is 1.83. The second kappa shape index (κ2) is 6.17. The summed E-state index contributed by atoms with van der Waals surface area (Å²) in [5.41, 5.74) is 3.41. The summed E-state index contributed by atoms with van der Waals surface area (Å²) in [5.74, 6) is -0.921. The zero-order valence-electron chi connectivity index (χ0n) is 12.3. The fourth-order valence-electron chi connectivity index (χ4n) is 2.62. The lowest BCUT2D eigenvalue weighted by atomic mass is 10.0. The minimum Gasteiger partial charge on any atom is -0.480 e. The zero-order valence-corrected chi connectivity index (χ0v) is 13.9. The largest absolute Gasteiger partial charge is 0.480 e. The summed E-state index contributed by atoms with van der Waals surface area (Å²) >= 11 is 11.4. The molecular formula is C15H15ClN4O2S. The summed E-state index contributed by atoms with van der Waals surface area (Å²) < 4.78 is 0. The monoisotopic (exact) mass is 350 g/mol. The number of fused-ring (bicyclic) bond motifs is 1. The van der Waals surface area contributed by atoms with Crippen molar-refractivity contribution in [2.75, 3.05) is 5.32 Å². The first kappa shape index (κ1) is 15.8. The van der Waals surface area contributed by atoms with E-state index >= 15 is 0 Å². The number of anilines is 1. The maximum atomic E-state index is 11.6. The highest BCUT2D eigenvalue weighted by atomic mass is 35.5. The number of benzene rings is 1. The lowest BCUT2D eigenvalue weighted by Gasteiger charge is -2.34. The molecule has 1 aromatic carbocycles. The van der Waals surface area contributed by atoms with Gasteiger partial charge in [0.05, 0.1) is 24.3 Å². The number of H-pyrrole nitrogens is 1. The van der Waals surface area contributed by atoms with Gasteiger partial charge in [-0.15, -0.1) is 0 Å². The molecule has 0 amide bonds. The van der Waals surface area contributed by atoms with Gasteiger partial charge in [-0.2, -0.15) is 0 Å². The Morgan fingerprint density at radius 2 is 2.35 bits per heavy atom. The SMILES string of the molecule is Cc1cc(Cl)ccc1NC(=S)N1Cc2[nH]cnc2CC1C(=O)O. The molecule has 1 atom stereocenters. The second-order valence-electron chi connectivity index (χ2n) is 5.40. The molecule has 120 valence electrons. The van der Waals surface area contributed by atoms with Crippen LogP contribution in [-0.4, -0.2) is 37.1 Å². The van der Waals surface area contributed by atoms with E-state index in [0.717, 1.165) is 22.6 Å². The number of hydrogen-bond donors (Lipinski definition) is 3. The third-order valence-corrected chi connectivity index (χ3v) is 4.45. The Morgan fingerprint density at radius 1 is 1.57 bits per heavy atom. The van der Waals surface area contributed by atoms with Crippen LogP contribution >= 0.6 is 23.8 Å². The molecule has 0 saturated heterocycles. The summed E-state index contributed by atoms with van der Waals surface area (Å²) in [6.45, 7) is 2.29. The average molecular weight is 351 g/mol. The van der Waals surface area contributed by atoms with E-state index in [1.807, 2.05) is 19.1 Å². The first-order valence-electron chi connectivity index (χ1n) is 7.03. The molecule has 1 aromatic heterocycles. The van der Waals surface area contributed by atoms with Gasteiger partial charge < -0.3 is 20.3 Å². The van der Waals surface area contributed by atoms with Crippen molar-refractivity contribution >= 4 is 40.6 Å². The molecule has 2 heterocycles. The highest BCUT2D eigenvalue weighted by Gasteiger charge is 2.34. The number of rotatable bonds is 2. The fourth-order valence-corrected chi connectivity index (χ4v) is 3.15. The van der Waals surface area contributed by atoms with Gasteiger partial charge in [-0.05, 0) is 42.9 Å². The van der Waals surface area contributed by atoms with Gasteiger partial charge in [0.25, 0.3) is 0 Å². The Bertz CT molecular complexity index is 777. The number of nitrogens with zero attached hydrogens (tertiary/aromatic N) is 2. The summed E-state index contributed by atoms with van der Waals surface area (Å²) in [6, 6.07) is 4.67. The Morgan fingerprint density at radius 3 is 3.04 bits per heavy atom. The number of aromatic nitrogens is 2. The molecule has 3 N–H and O–H groups in total. The van der Waals surface area contributed by atoms with Gasteiger partial charge in [-0.1, -0.05) is 11.6 Å². The predicted molar refractivity (Wildman–Crippen MR) is 91.7 cm³/mol. The van der Waals surface area contributed by atoms with E-state index in [0.29, 0.717) is 23.1 Å². The normalized spacial score (nSPS) is 16.8. The lowest BCUT2D eigenvalue weighted by Crippen LogP contribution is -2.50. The molecule has 0 aliphatic carbocycles. The van der Waals surface area contributed by atoms with E-state index in [1.165, 1.54) is 0 Å². The number of halogens is 1. The van der Waals surface area contributed by atoms with Crippen molar-refractivity contribution in [2.45, 2.75) is 25.9 Å². The van der Waals surface area contributed by atoms with Crippen LogP contribution in [-0.2, 0) is 17.8 Å². The van der Waals surface area contributed by atoms with Crippen molar-refractivity contribution in [3.8, 4) is 0 Å². The first-order chi connectivity index (χ1) is 11.0. The van der Waals surface area contributed by atoms with Crippen LogP contribution in [0.2, 0.25) is 5.02 Å². The third kappa shape index (κ3) is 3.16. The highest BCUT2D eigenvalue weighted by Crippen LogP contribution is 2.24. The number of imidazole rings is 1. The van der Waals surface area contributed by atoms with Crippen LogP contribution < -0.4 is 5.32 Å². The van der Waals surface area contributed by atoms with Gasteiger partial charge in [0.15, 0.2) is 5.11 Å². The van der Waals surface area contributed by atoms with Crippen LogP contribution in [0.25, 0.3) is 0 Å². The molecule has 1 unspecified atom stereocenters. The maximum Gasteiger partial charge on any atom is 0.326 e. The van der Waals surface area contributed by atoms with E-state index in [-0.39, 0.29) is 0 Å². The van der Waals surface area contributed by atoms with Crippen LogP contribution in [0.4, 0.5) is 5.69 Å². The minimum absolute atomic E-state index is 0.315. The number of carboxylic acids is 1. The average Bonchev–Trinajstić information content (AvgIpc) is 2.96. The molecule has 0 spiro atoms. The van der Waals surface area contributed by atoms with E-state index in [2.05, 4.69) is 15.3 Å². The molecule has 0 radical (unpaired) electrons. The molecule has 23 heavy (non-hydrogen) atoms. The molecule has 2 aromatic rings. The van der Waals surface area contributed by atoms with Gasteiger partial charge in [0.2, 0.25) is 0 Å². The van der Waals surface area contributed by atoms with E-state index in [1.54, 1.807) is 17.3 Å². The zero-order chi connectivity index (χ0) is 16.6. The van der Waals surface area contributed by atoms with Crippen molar-refractivity contribution in [3.05, 3.63) is 46.5 Å². The van der Waals surface area contributed by atoms with Gasteiger partial charge in [0, 0.05) is 17.1 Å². The van der Waals surface area contributed by atoms with Crippen LogP contribution in [0.1, 0.15) is 17.0 Å². The van der Waals surface area contributed by atoms with Crippen LogP contribution in [0.5, 0.6) is 0 Å². The van der Waals surface area contributed by atoms with Crippen LogP contribution in [0.15, 0.2) is 24.5 Å². The number of hydrogen-bond acceptors (Lipinski definition) is 3. The first-order valence-corrected chi connectivity index (χ1v) is 7.82. The highest BCUT2D eigenvalue weighted by molar-refractivity contribution is 7.80. The Kier molecular flexibility index (Phi) is 4.23. The van der Waals surface area contributed by atoms with Crippen molar-refractivity contribution in [1.29, 1.82) is 0 Å². The molecule has 3 rings (SSSR count). The summed E-state index contributed by atoms with van der Waals surface area (Å²) in [7, 11) is 0. The number of aryl methyl sites for hydroxylation is 1. The van der Waals surface area contributed by atoms with E-state index in [4.69, 9.17) is 23.8 Å². The molecule has 0 bridgehead atoms. The predicted octanol–water partition coefficient (Wildman–Crippen LogP) is 2.58. The Labute approximate surface area is 143 Å². The third-order valence-electron chi connectivity index (χ3n) is 3.87. The van der Waals surface area contributed by atoms with Crippen molar-refractivity contribution < 1.29 is 9.90 Å². The van der Waals surface area contributed by atoms with Gasteiger partial charge in [0.1, 0.15) is 6.04 Å². The summed E-state index contributed by atoms with van der Waals surface area (Å²) in [5, 5.41) is 13.6. The molecule has 6 nitrogen and oxygen atoms in total. The molecule has 0 saturated carbocycles. The topological polar surface area (TPSA) is 81.2 Å². The number of nitrogens with one attached hydrogen (secondary N) is 2. The number of carbonyl (C=O) groups is 1. The number of aliphatic carboxylic acids is 1. The minimum atomic E-state index is -0.921. The van der Waals surface area contributed by atoms with E-state index in [9.17, 15) is 9.90 Å². The van der Waals surface area contributed by atoms with E-state index < -0.39 is 12.0 Å². The van der Waals surface area contributed by atoms with Crippen LogP contribution in [0.3, 0.4) is 0 Å². The molecule has 0 fully saturated rings. The van der Waals surface area contributed by atoms with Crippen molar-refractivity contribution in [3.63, 3.8) is 0 Å². The van der Waals surface area contributed by atoms with Crippen LogP contribution in [0, 0.1) is 6.92 Å². The number of aromatic amines is 1. The molecule has 8 heteroatoms. The molecule has 1 aliphatic rings. The van der Waals surface area contributed by atoms with Crippen molar-refractivity contribution in [2.24, 2.45) is 0 Å². The standard InChI is InChI=1S/C15H15ClN4O2S/c1-8-4-9(16)2-3-10(8)19-15(23)20-6-12-11(17-7-18-12)5-13(20)14(21)22/h2-4,7,13H,5-6H2,1H3,(H,17,18)(H,19,23)(H,21,22). The maximum absolute atomic E-state index is 11.6. The number of thiocarbonyl (C=S) groups is 1. The Hall–Kier alpha value is -2.12. The lowest BCUT2D eigenvalue weighted by molar-refractivity contribution is -0.142. The van der Waals surface area contributed by atoms with Gasteiger partial charge in [-0.25, -0.2) is 9.78 Å². The molecular weight excluding hydrogens is 336 g/mol. The summed E-state index contributed by atoms with van der Waals surface area (Å²) in [6.07, 6.45) is 1.89. The van der Waals surface area contributed by atoms with Gasteiger partial charge >= 0.3 is 5.97 Å². The summed E-state index contributed by atoms with van der Waals surface area (Å²) in [4.78, 5) is 20.4. The van der Waals surface area contributed by atoms with Crippen molar-refractivity contribution in [1.82, 2.24) is 14.9 Å². The fraction of sp³-hybridized carbons (Fsp3) is 0.267. The smallest absolute Gasteiger partial charge is 0.326 e. The van der Waals surface area contributed by atoms with Gasteiger partial charge in [-0.3, -0.25) is 0 Å². The second-order valence-corrected chi connectivity index (χ2v) is 6.23. The molecule has 1 aliphatic heterocycles.